The molecule has 1 rings (SSSR count). The van der Waals surface area contributed by atoms with Crippen molar-refractivity contribution in [2.75, 3.05) is 19.8 Å². The molecule has 0 aromatic heterocycles. The number of ether oxygens (including phenoxy) is 3. The number of carbonyl (C=O) groups is 2. The normalized spacial score (nSPS) is 19.1. The maximum Gasteiger partial charge on any atom is 0.320 e. The van der Waals surface area contributed by atoms with Crippen molar-refractivity contribution in [3.05, 3.63) is 0 Å². The maximum absolute atomic E-state index is 12.4. The number of hydrogen-bond acceptors (Lipinski definition) is 7. The summed E-state index contributed by atoms with van der Waals surface area (Å²) in [7, 11) is -1.73. The van der Waals surface area contributed by atoms with Gasteiger partial charge in [-0.15, -0.1) is 0 Å². The molecule has 1 fully saturated rings. The van der Waals surface area contributed by atoms with Gasteiger partial charge in [0.05, 0.1) is 19.3 Å². The summed E-state index contributed by atoms with van der Waals surface area (Å²) in [6, 6.07) is 0. The SMILES string of the molecule is C.CCCOC(=O)C(CCCC(CCCOC1CC(C)(C)NC(C)(C)C1)O[Si](C)(C)C)C(=O)OCC. The number of piperidine rings is 1. The van der Waals surface area contributed by atoms with Crippen molar-refractivity contribution >= 4 is 20.3 Å². The summed E-state index contributed by atoms with van der Waals surface area (Å²) >= 11 is 0. The molecular weight excluding hydrogens is 474 g/mol. The van der Waals surface area contributed by atoms with Gasteiger partial charge in [0.2, 0.25) is 0 Å². The second-order valence-electron chi connectivity index (χ2n) is 12.2. The van der Waals surface area contributed by atoms with Crippen molar-refractivity contribution < 1.29 is 28.2 Å². The van der Waals surface area contributed by atoms with Crippen LogP contribution < -0.4 is 5.32 Å². The van der Waals surface area contributed by atoms with E-state index in [4.69, 9.17) is 18.6 Å². The molecule has 36 heavy (non-hydrogen) atoms. The largest absolute Gasteiger partial charge is 0.465 e. The van der Waals surface area contributed by atoms with E-state index >= 15 is 0 Å². The second-order valence-corrected chi connectivity index (χ2v) is 16.7. The summed E-state index contributed by atoms with van der Waals surface area (Å²) in [5.41, 5.74) is 0.146. The molecule has 7 nitrogen and oxygen atoms in total. The van der Waals surface area contributed by atoms with Crippen LogP contribution in [0.3, 0.4) is 0 Å². The minimum Gasteiger partial charge on any atom is -0.465 e. The van der Waals surface area contributed by atoms with E-state index in [1.807, 2.05) is 6.92 Å². The summed E-state index contributed by atoms with van der Waals surface area (Å²) < 4.78 is 23.1. The summed E-state index contributed by atoms with van der Waals surface area (Å²) in [5.74, 6) is -1.82. The number of carbonyl (C=O) groups excluding carboxylic acids is 2. The lowest BCUT2D eigenvalue weighted by Gasteiger charge is -2.46. The summed E-state index contributed by atoms with van der Waals surface area (Å²) in [6.45, 7) is 20.5. The molecule has 1 saturated heterocycles. The monoisotopic (exact) mass is 531 g/mol. The zero-order valence-corrected chi connectivity index (χ0v) is 25.0. The van der Waals surface area contributed by atoms with Crippen LogP contribution in [-0.4, -0.2) is 63.4 Å². The molecule has 8 heteroatoms. The van der Waals surface area contributed by atoms with Crippen LogP contribution in [0.4, 0.5) is 0 Å². The van der Waals surface area contributed by atoms with E-state index in [-0.39, 0.29) is 37.3 Å². The van der Waals surface area contributed by atoms with Crippen LogP contribution in [0.1, 0.15) is 100 Å². The topological polar surface area (TPSA) is 83.1 Å². The van der Waals surface area contributed by atoms with Crippen molar-refractivity contribution in [2.24, 2.45) is 5.92 Å². The quantitative estimate of drug-likeness (QED) is 0.109. The average molecular weight is 532 g/mol. The van der Waals surface area contributed by atoms with Crippen LogP contribution in [0.5, 0.6) is 0 Å². The zero-order valence-electron chi connectivity index (χ0n) is 24.0. The predicted molar refractivity (Wildman–Crippen MR) is 150 cm³/mol. The van der Waals surface area contributed by atoms with Gasteiger partial charge in [0, 0.05) is 23.8 Å². The fourth-order valence-electron chi connectivity index (χ4n) is 5.10. The standard InChI is InChI=1S/C27H53NO6Si.CH4/c1-10-17-33-25(30)23(24(29)31-11-2)16-12-14-21(34-35(7,8)9)15-13-18-32-22-19-26(3,4)28-27(5,6)20-22;/h21-23,28H,10-20H2,1-9H3;1H4. The third-order valence-corrected chi connectivity index (χ3v) is 7.06. The summed E-state index contributed by atoms with van der Waals surface area (Å²) in [4.78, 5) is 24.7. The first kappa shape index (κ1) is 35.0. The van der Waals surface area contributed by atoms with Crippen molar-refractivity contribution in [1.29, 1.82) is 0 Å². The van der Waals surface area contributed by atoms with Gasteiger partial charge in [-0.2, -0.15) is 0 Å². The van der Waals surface area contributed by atoms with E-state index in [1.54, 1.807) is 6.92 Å². The van der Waals surface area contributed by atoms with E-state index in [0.29, 0.717) is 19.4 Å². The molecule has 0 bridgehead atoms. The van der Waals surface area contributed by atoms with Gasteiger partial charge in [-0.1, -0.05) is 14.4 Å². The molecule has 0 amide bonds. The molecule has 1 heterocycles. The fourth-order valence-corrected chi connectivity index (χ4v) is 6.33. The van der Waals surface area contributed by atoms with Crippen LogP contribution in [-0.2, 0) is 28.2 Å². The van der Waals surface area contributed by atoms with Gasteiger partial charge in [0.25, 0.3) is 0 Å². The van der Waals surface area contributed by atoms with Gasteiger partial charge in [-0.25, -0.2) is 0 Å². The highest BCUT2D eigenvalue weighted by atomic mass is 28.4. The number of hydrogen-bond donors (Lipinski definition) is 1. The number of esters is 2. The third kappa shape index (κ3) is 14.7. The van der Waals surface area contributed by atoms with Gasteiger partial charge in [0.1, 0.15) is 0 Å². The molecule has 214 valence electrons. The first-order valence-electron chi connectivity index (χ1n) is 13.6. The van der Waals surface area contributed by atoms with Gasteiger partial charge in [-0.05, 0) is 106 Å². The van der Waals surface area contributed by atoms with Gasteiger partial charge in [0.15, 0.2) is 14.2 Å². The van der Waals surface area contributed by atoms with Crippen molar-refractivity contribution in [3.8, 4) is 0 Å². The van der Waals surface area contributed by atoms with E-state index in [0.717, 1.165) is 45.1 Å². The van der Waals surface area contributed by atoms with Crippen LogP contribution in [0.25, 0.3) is 0 Å². The maximum atomic E-state index is 12.4. The Morgan fingerprint density at radius 1 is 0.889 bits per heavy atom. The molecule has 0 aliphatic carbocycles. The van der Waals surface area contributed by atoms with E-state index in [9.17, 15) is 9.59 Å². The van der Waals surface area contributed by atoms with E-state index in [1.165, 1.54) is 0 Å². The molecule has 0 saturated carbocycles. The van der Waals surface area contributed by atoms with Crippen molar-refractivity contribution in [1.82, 2.24) is 5.32 Å². The van der Waals surface area contributed by atoms with E-state index < -0.39 is 26.2 Å². The molecule has 0 radical (unpaired) electrons. The second kappa shape index (κ2) is 16.1. The molecule has 1 aliphatic rings. The Bertz CT molecular complexity index is 630. The highest BCUT2D eigenvalue weighted by Crippen LogP contribution is 2.30. The van der Waals surface area contributed by atoms with Crippen molar-refractivity contribution in [3.63, 3.8) is 0 Å². The van der Waals surface area contributed by atoms with Crippen LogP contribution in [0, 0.1) is 5.92 Å². The number of rotatable bonds is 16. The lowest BCUT2D eigenvalue weighted by molar-refractivity contribution is -0.162. The molecule has 2 unspecified atom stereocenters. The Labute approximate surface area is 222 Å². The Hall–Kier alpha value is -0.963. The average Bonchev–Trinajstić information content (AvgIpc) is 2.69. The molecule has 1 N–H and O–H groups in total. The minimum absolute atomic E-state index is 0. The van der Waals surface area contributed by atoms with Crippen LogP contribution in [0.2, 0.25) is 19.6 Å². The smallest absolute Gasteiger partial charge is 0.320 e. The Morgan fingerprint density at radius 3 is 1.97 bits per heavy atom. The molecule has 0 spiro atoms. The minimum atomic E-state index is -1.73. The fraction of sp³-hybridized carbons (Fsp3) is 0.929. The predicted octanol–water partition coefficient (Wildman–Crippen LogP) is 6.25. The Balaban J connectivity index is 0.0000122. The molecule has 2 atom stereocenters. The highest BCUT2D eigenvalue weighted by molar-refractivity contribution is 6.69. The van der Waals surface area contributed by atoms with Gasteiger partial charge in [-0.3, -0.25) is 9.59 Å². The van der Waals surface area contributed by atoms with Crippen molar-refractivity contribution in [2.45, 2.75) is 143 Å². The van der Waals surface area contributed by atoms with E-state index in [2.05, 4.69) is 52.7 Å². The highest BCUT2D eigenvalue weighted by Gasteiger charge is 2.38. The lowest BCUT2D eigenvalue weighted by Crippen LogP contribution is -2.59. The number of nitrogens with one attached hydrogen (secondary N) is 1. The first-order valence-corrected chi connectivity index (χ1v) is 17.0. The van der Waals surface area contributed by atoms with Crippen LogP contribution in [0.15, 0.2) is 0 Å². The Morgan fingerprint density at radius 2 is 1.44 bits per heavy atom. The van der Waals surface area contributed by atoms with Gasteiger partial charge >= 0.3 is 11.9 Å². The summed E-state index contributed by atoms with van der Waals surface area (Å²) in [6.07, 6.45) is 6.86. The molecular formula is C28H57NO6Si. The zero-order chi connectivity index (χ0) is 26.7. The lowest BCUT2D eigenvalue weighted by atomic mass is 9.81. The Kier molecular flexibility index (Phi) is 15.7. The molecule has 1 aliphatic heterocycles. The van der Waals surface area contributed by atoms with Crippen LogP contribution >= 0.6 is 0 Å². The molecule has 0 aromatic rings. The summed E-state index contributed by atoms with van der Waals surface area (Å²) in [5, 5.41) is 3.70. The first-order chi connectivity index (χ1) is 16.2. The molecule has 0 aromatic carbocycles. The third-order valence-electron chi connectivity index (χ3n) is 6.02. The van der Waals surface area contributed by atoms with Gasteiger partial charge < -0.3 is 24.0 Å².